The number of carbonyl (C=O) groups excluding carboxylic acids is 3. The number of hydrogen-bond donors (Lipinski definition) is 3. The molecule has 26 heavy (non-hydrogen) atoms. The van der Waals surface area contributed by atoms with Crippen LogP contribution in [0.15, 0.2) is 0 Å². The lowest BCUT2D eigenvalue weighted by Gasteiger charge is -2.40. The lowest BCUT2D eigenvalue weighted by Crippen LogP contribution is -2.57. The first-order chi connectivity index (χ1) is 12.5. The Balaban J connectivity index is 2.40. The van der Waals surface area contributed by atoms with Gasteiger partial charge in [0.1, 0.15) is 6.61 Å². The van der Waals surface area contributed by atoms with Crippen LogP contribution in [0.1, 0.15) is 25.7 Å². The quantitative estimate of drug-likeness (QED) is 0.274. The molecule has 1 fully saturated rings. The summed E-state index contributed by atoms with van der Waals surface area (Å²) < 4.78 is 4.75. The van der Waals surface area contributed by atoms with Crippen molar-refractivity contribution in [2.24, 2.45) is 5.73 Å². The van der Waals surface area contributed by atoms with E-state index in [1.807, 2.05) is 0 Å². The molecule has 0 aliphatic carbocycles. The summed E-state index contributed by atoms with van der Waals surface area (Å²) in [5.41, 5.74) is 5.37. The van der Waals surface area contributed by atoms with Gasteiger partial charge in [0, 0.05) is 39.0 Å². The van der Waals surface area contributed by atoms with Crippen LogP contribution in [0.3, 0.4) is 0 Å². The van der Waals surface area contributed by atoms with E-state index in [4.69, 9.17) is 15.6 Å². The van der Waals surface area contributed by atoms with Crippen molar-refractivity contribution in [1.82, 2.24) is 15.1 Å². The average molecular weight is 372 g/mol. The number of hydrogen-bond acceptors (Lipinski definition) is 7. The minimum Gasteiger partial charge on any atom is -0.480 e. The molecule has 0 aromatic rings. The minimum absolute atomic E-state index is 0.0262. The van der Waals surface area contributed by atoms with Gasteiger partial charge in [-0.3, -0.25) is 24.1 Å². The Bertz CT molecular complexity index is 487. The molecule has 148 valence electrons. The fourth-order valence-electron chi connectivity index (χ4n) is 2.80. The second-order valence-electron chi connectivity index (χ2n) is 6.13. The number of ether oxygens (including phenoxy) is 1. The number of amides is 2. The Morgan fingerprint density at radius 3 is 2.65 bits per heavy atom. The predicted molar refractivity (Wildman–Crippen MR) is 92.1 cm³/mol. The molecule has 0 spiro atoms. The zero-order valence-corrected chi connectivity index (χ0v) is 14.9. The maximum atomic E-state index is 12.3. The van der Waals surface area contributed by atoms with Crippen LogP contribution in [0.25, 0.3) is 0 Å². The van der Waals surface area contributed by atoms with Gasteiger partial charge in [0.2, 0.25) is 11.8 Å². The van der Waals surface area contributed by atoms with Crippen molar-refractivity contribution in [3.05, 3.63) is 0 Å². The van der Waals surface area contributed by atoms with Crippen molar-refractivity contribution in [3.63, 3.8) is 0 Å². The number of nitrogens with zero attached hydrogens (tertiary/aromatic N) is 2. The summed E-state index contributed by atoms with van der Waals surface area (Å²) in [5.74, 6) is -1.20. The molecule has 1 saturated heterocycles. The van der Waals surface area contributed by atoms with E-state index < -0.39 is 5.97 Å². The number of unbranched alkanes of at least 4 members (excludes halogenated alkanes) is 1. The van der Waals surface area contributed by atoms with Gasteiger partial charge < -0.3 is 25.8 Å². The highest BCUT2D eigenvalue weighted by molar-refractivity contribution is 5.79. The van der Waals surface area contributed by atoms with Gasteiger partial charge in [-0.05, 0) is 19.4 Å². The van der Waals surface area contributed by atoms with Gasteiger partial charge in [0.15, 0.2) is 0 Å². The van der Waals surface area contributed by atoms with Crippen molar-refractivity contribution in [2.75, 3.05) is 45.9 Å². The fraction of sp³-hybridized carbons (Fsp3) is 0.750. The maximum absolute atomic E-state index is 12.3. The molecule has 0 bridgehead atoms. The molecule has 1 heterocycles. The molecule has 0 radical (unpaired) electrons. The lowest BCUT2D eigenvalue weighted by molar-refractivity contribution is -0.142. The molecule has 1 rings (SSSR count). The number of carbonyl (C=O) groups is 4. The van der Waals surface area contributed by atoms with Gasteiger partial charge in [-0.15, -0.1) is 0 Å². The van der Waals surface area contributed by atoms with Crippen LogP contribution in [0, 0.1) is 0 Å². The number of piperazine rings is 1. The van der Waals surface area contributed by atoms with Gasteiger partial charge in [0.05, 0.1) is 12.6 Å². The van der Waals surface area contributed by atoms with Gasteiger partial charge in [-0.2, -0.15) is 0 Å². The Kier molecular flexibility index (Phi) is 10.3. The summed E-state index contributed by atoms with van der Waals surface area (Å²) in [6.07, 6.45) is 2.07. The molecule has 2 amide bonds. The molecule has 0 saturated carbocycles. The lowest BCUT2D eigenvalue weighted by atomic mass is 10.1. The summed E-state index contributed by atoms with van der Waals surface area (Å²) in [4.78, 5) is 48.5. The van der Waals surface area contributed by atoms with Crippen molar-refractivity contribution < 1.29 is 29.0 Å². The Hall–Kier alpha value is -2.20. The van der Waals surface area contributed by atoms with Gasteiger partial charge in [-0.1, -0.05) is 0 Å². The standard InChI is InChI=1S/C16H28N4O6/c17-5-2-1-3-14(22)18-6-4-15(23)20-8-7-19(10-16(24)25)13(9-20)11-26-12-21/h12-13H,1-11,17H2,(H,18,22)(H,24,25). The van der Waals surface area contributed by atoms with E-state index >= 15 is 0 Å². The zero-order chi connectivity index (χ0) is 19.4. The van der Waals surface area contributed by atoms with E-state index in [0.717, 1.165) is 12.8 Å². The summed E-state index contributed by atoms with van der Waals surface area (Å²) in [5, 5.41) is 11.7. The predicted octanol–water partition coefficient (Wildman–Crippen LogP) is -1.61. The second kappa shape index (κ2) is 12.2. The monoisotopic (exact) mass is 372 g/mol. The van der Waals surface area contributed by atoms with E-state index in [2.05, 4.69) is 5.32 Å². The van der Waals surface area contributed by atoms with Crippen LogP contribution in [0.2, 0.25) is 0 Å². The number of nitrogens with two attached hydrogens (primary N) is 1. The summed E-state index contributed by atoms with van der Waals surface area (Å²) >= 11 is 0. The first-order valence-electron chi connectivity index (χ1n) is 8.73. The largest absolute Gasteiger partial charge is 0.480 e. The number of carboxylic acid groups (broad SMARTS) is 1. The van der Waals surface area contributed by atoms with Crippen molar-refractivity contribution in [2.45, 2.75) is 31.7 Å². The molecular weight excluding hydrogens is 344 g/mol. The van der Waals surface area contributed by atoms with E-state index in [1.54, 1.807) is 9.80 Å². The third-order valence-corrected chi connectivity index (χ3v) is 4.17. The van der Waals surface area contributed by atoms with E-state index in [-0.39, 0.29) is 50.5 Å². The summed E-state index contributed by atoms with van der Waals surface area (Å²) in [7, 11) is 0. The highest BCUT2D eigenvalue weighted by atomic mass is 16.5. The van der Waals surface area contributed by atoms with Crippen LogP contribution >= 0.6 is 0 Å². The molecular formula is C16H28N4O6. The highest BCUT2D eigenvalue weighted by Gasteiger charge is 2.30. The zero-order valence-electron chi connectivity index (χ0n) is 14.9. The average Bonchev–Trinajstić information content (AvgIpc) is 2.60. The van der Waals surface area contributed by atoms with Crippen molar-refractivity contribution in [1.29, 1.82) is 0 Å². The SMILES string of the molecule is NCCCCC(=O)NCCC(=O)N1CCN(CC(=O)O)C(COC=O)C1. The van der Waals surface area contributed by atoms with Crippen LogP contribution < -0.4 is 11.1 Å². The van der Waals surface area contributed by atoms with E-state index in [0.29, 0.717) is 32.5 Å². The molecule has 1 aliphatic heterocycles. The molecule has 10 nitrogen and oxygen atoms in total. The maximum Gasteiger partial charge on any atom is 0.317 e. The molecule has 0 aromatic carbocycles. The number of nitrogens with one attached hydrogen (secondary N) is 1. The number of aliphatic carboxylic acids is 1. The Morgan fingerprint density at radius 2 is 2.00 bits per heavy atom. The van der Waals surface area contributed by atoms with Crippen molar-refractivity contribution in [3.8, 4) is 0 Å². The van der Waals surface area contributed by atoms with Crippen LogP contribution in [0.5, 0.6) is 0 Å². The third kappa shape index (κ3) is 8.26. The van der Waals surface area contributed by atoms with Crippen LogP contribution in [0.4, 0.5) is 0 Å². The highest BCUT2D eigenvalue weighted by Crippen LogP contribution is 2.11. The molecule has 1 aliphatic rings. The van der Waals surface area contributed by atoms with Gasteiger partial charge >= 0.3 is 5.97 Å². The molecule has 10 heteroatoms. The number of rotatable bonds is 12. The molecule has 1 atom stereocenters. The smallest absolute Gasteiger partial charge is 0.317 e. The first-order valence-corrected chi connectivity index (χ1v) is 8.73. The van der Waals surface area contributed by atoms with Crippen LogP contribution in [-0.2, 0) is 23.9 Å². The van der Waals surface area contributed by atoms with Gasteiger partial charge in [-0.25, -0.2) is 0 Å². The molecule has 1 unspecified atom stereocenters. The normalized spacial score (nSPS) is 17.6. The van der Waals surface area contributed by atoms with E-state index in [9.17, 15) is 19.2 Å². The molecule has 4 N–H and O–H groups in total. The Morgan fingerprint density at radius 1 is 1.23 bits per heavy atom. The molecule has 0 aromatic heterocycles. The second-order valence-corrected chi connectivity index (χ2v) is 6.13. The summed E-state index contributed by atoms with van der Waals surface area (Å²) in [6, 6.07) is -0.361. The topological polar surface area (TPSA) is 142 Å². The van der Waals surface area contributed by atoms with Gasteiger partial charge in [0.25, 0.3) is 6.47 Å². The fourth-order valence-corrected chi connectivity index (χ4v) is 2.80. The first kappa shape index (κ1) is 21.8. The van der Waals surface area contributed by atoms with Crippen molar-refractivity contribution >= 4 is 24.3 Å². The number of carboxylic acids is 1. The Labute approximate surface area is 152 Å². The minimum atomic E-state index is -0.974. The van der Waals surface area contributed by atoms with E-state index in [1.165, 1.54) is 0 Å². The third-order valence-electron chi connectivity index (χ3n) is 4.17. The summed E-state index contributed by atoms with van der Waals surface area (Å²) in [6.45, 7) is 2.03. The van der Waals surface area contributed by atoms with Crippen LogP contribution in [-0.4, -0.2) is 91.1 Å².